The van der Waals surface area contributed by atoms with Gasteiger partial charge in [-0.15, -0.1) is 5.10 Å². The Bertz CT molecular complexity index is 717. The number of nitrogens with zero attached hydrogens (tertiary/aromatic N) is 4. The third-order valence-electron chi connectivity index (χ3n) is 3.20. The molecule has 0 aliphatic heterocycles. The summed E-state index contributed by atoms with van der Waals surface area (Å²) in [5.74, 6) is -0.252. The molecule has 0 unspecified atom stereocenters. The molecule has 2 aromatic carbocycles. The van der Waals surface area contributed by atoms with E-state index in [1.807, 2.05) is 60.7 Å². The summed E-state index contributed by atoms with van der Waals surface area (Å²) in [4.78, 5) is 17.3. The van der Waals surface area contributed by atoms with Gasteiger partial charge in [0.05, 0.1) is 5.92 Å². The summed E-state index contributed by atoms with van der Waals surface area (Å²) in [6, 6.07) is 19.7. The van der Waals surface area contributed by atoms with Crippen LogP contribution in [0.2, 0.25) is 0 Å². The smallest absolute Gasteiger partial charge is 0.316 e. The molecule has 0 spiro atoms. The van der Waals surface area contributed by atoms with Gasteiger partial charge in [-0.05, 0) is 21.6 Å². The molecular weight excluding hydrogens is 280 g/mol. The van der Waals surface area contributed by atoms with Crippen molar-refractivity contribution in [2.75, 3.05) is 0 Å². The molecule has 110 valence electrons. The molecule has 3 rings (SSSR count). The first-order valence-corrected chi connectivity index (χ1v) is 6.83. The van der Waals surface area contributed by atoms with Crippen LogP contribution in [0.15, 0.2) is 60.7 Å². The molecule has 3 aromatic rings. The van der Waals surface area contributed by atoms with Gasteiger partial charge in [0.2, 0.25) is 5.82 Å². The lowest BCUT2D eigenvalue weighted by molar-refractivity contribution is -0.143. The number of aromatic nitrogens is 4. The van der Waals surface area contributed by atoms with Crippen LogP contribution in [0.3, 0.4) is 0 Å². The molecule has 1 heterocycles. The van der Waals surface area contributed by atoms with Gasteiger partial charge in [0.1, 0.15) is 0 Å². The zero-order valence-corrected chi connectivity index (χ0v) is 12.0. The molecule has 6 heteroatoms. The van der Waals surface area contributed by atoms with Crippen LogP contribution in [0.4, 0.5) is 0 Å². The fourth-order valence-electron chi connectivity index (χ4n) is 2.32. The van der Waals surface area contributed by atoms with Gasteiger partial charge in [-0.25, -0.2) is 4.79 Å². The molecule has 0 aliphatic rings. The average Bonchev–Trinajstić information content (AvgIpc) is 2.97. The highest BCUT2D eigenvalue weighted by molar-refractivity contribution is 5.66. The number of carbonyl (C=O) groups excluding carboxylic acids is 1. The number of tetrazole rings is 1. The van der Waals surface area contributed by atoms with Gasteiger partial charge in [-0.2, -0.15) is 0 Å². The van der Waals surface area contributed by atoms with Gasteiger partial charge in [0.15, 0.2) is 0 Å². The molecule has 6 nitrogen and oxygen atoms in total. The molecular formula is C16H14N4O2. The summed E-state index contributed by atoms with van der Waals surface area (Å²) in [5.41, 5.74) is 2.02. The summed E-state index contributed by atoms with van der Waals surface area (Å²) in [7, 11) is 0. The third-order valence-corrected chi connectivity index (χ3v) is 3.20. The monoisotopic (exact) mass is 294 g/mol. The quantitative estimate of drug-likeness (QED) is 0.687. The van der Waals surface area contributed by atoms with E-state index in [4.69, 9.17) is 4.84 Å². The zero-order valence-electron chi connectivity index (χ0n) is 12.0. The van der Waals surface area contributed by atoms with E-state index in [9.17, 15) is 4.79 Å². The van der Waals surface area contributed by atoms with Crippen LogP contribution in [0, 0.1) is 0 Å². The van der Waals surface area contributed by atoms with Gasteiger partial charge < -0.3 is 4.84 Å². The van der Waals surface area contributed by atoms with Crippen molar-refractivity contribution in [2.24, 2.45) is 0 Å². The predicted molar refractivity (Wildman–Crippen MR) is 78.9 cm³/mol. The van der Waals surface area contributed by atoms with E-state index in [-0.39, 0.29) is 5.92 Å². The lowest BCUT2D eigenvalue weighted by Crippen LogP contribution is -2.23. The van der Waals surface area contributed by atoms with Gasteiger partial charge in [0.25, 0.3) is 0 Å². The number of hydrogen-bond donors (Lipinski definition) is 0. The fraction of sp³-hybridized carbons (Fsp3) is 0.125. The van der Waals surface area contributed by atoms with Crippen LogP contribution in [-0.2, 0) is 4.79 Å². The Balaban J connectivity index is 2.11. The molecule has 0 saturated carbocycles. The lowest BCUT2D eigenvalue weighted by Gasteiger charge is -2.16. The van der Waals surface area contributed by atoms with Gasteiger partial charge >= 0.3 is 5.97 Å². The van der Waals surface area contributed by atoms with E-state index in [1.165, 1.54) is 6.92 Å². The van der Waals surface area contributed by atoms with E-state index in [1.54, 1.807) is 0 Å². The fourth-order valence-corrected chi connectivity index (χ4v) is 2.32. The average molecular weight is 294 g/mol. The highest BCUT2D eigenvalue weighted by Crippen LogP contribution is 2.29. The molecule has 0 amide bonds. The molecule has 22 heavy (non-hydrogen) atoms. The molecule has 0 radical (unpaired) electrons. The molecule has 0 N–H and O–H groups in total. The Morgan fingerprint density at radius 2 is 1.55 bits per heavy atom. The van der Waals surface area contributed by atoms with E-state index >= 15 is 0 Å². The highest BCUT2D eigenvalue weighted by Gasteiger charge is 2.24. The first-order valence-electron chi connectivity index (χ1n) is 6.83. The van der Waals surface area contributed by atoms with E-state index in [2.05, 4.69) is 15.5 Å². The van der Waals surface area contributed by atoms with Crippen molar-refractivity contribution in [1.29, 1.82) is 0 Å². The molecule has 0 saturated heterocycles. The van der Waals surface area contributed by atoms with Crippen molar-refractivity contribution in [3.8, 4) is 0 Å². The lowest BCUT2D eigenvalue weighted by atomic mass is 9.91. The maximum Gasteiger partial charge on any atom is 0.332 e. The van der Waals surface area contributed by atoms with Gasteiger partial charge in [0, 0.05) is 6.92 Å². The number of hydrogen-bond acceptors (Lipinski definition) is 5. The molecule has 0 fully saturated rings. The number of rotatable bonds is 4. The van der Waals surface area contributed by atoms with Crippen molar-refractivity contribution >= 4 is 5.97 Å². The predicted octanol–water partition coefficient (Wildman–Crippen LogP) is 1.83. The Labute approximate surface area is 127 Å². The third kappa shape index (κ3) is 2.85. The summed E-state index contributed by atoms with van der Waals surface area (Å²) >= 11 is 0. The Morgan fingerprint density at radius 3 is 2.05 bits per heavy atom. The highest BCUT2D eigenvalue weighted by atomic mass is 16.7. The van der Waals surface area contributed by atoms with Crippen molar-refractivity contribution in [2.45, 2.75) is 12.8 Å². The summed E-state index contributed by atoms with van der Waals surface area (Å²) < 4.78 is 0. The summed E-state index contributed by atoms with van der Waals surface area (Å²) in [5, 5.41) is 11.4. The summed E-state index contributed by atoms with van der Waals surface area (Å²) in [6.07, 6.45) is 0. The largest absolute Gasteiger partial charge is 0.332 e. The van der Waals surface area contributed by atoms with Crippen LogP contribution < -0.4 is 4.84 Å². The van der Waals surface area contributed by atoms with Gasteiger partial charge in [-0.1, -0.05) is 65.5 Å². The van der Waals surface area contributed by atoms with Crippen LogP contribution in [0.5, 0.6) is 0 Å². The maximum absolute atomic E-state index is 11.2. The molecule has 0 atom stereocenters. The van der Waals surface area contributed by atoms with Crippen LogP contribution in [0.25, 0.3) is 0 Å². The van der Waals surface area contributed by atoms with Crippen LogP contribution in [-0.4, -0.2) is 26.3 Å². The van der Waals surface area contributed by atoms with Crippen LogP contribution in [0.1, 0.15) is 29.8 Å². The maximum atomic E-state index is 11.2. The standard InChI is InChI=1S/C16H14N4O2/c1-12(21)22-20-16(17-18-19-20)15(13-8-4-2-5-9-13)14-10-6-3-7-11-14/h2-11,15H,1H3. The minimum Gasteiger partial charge on any atom is -0.316 e. The second-order valence-corrected chi connectivity index (χ2v) is 4.75. The molecule has 1 aromatic heterocycles. The Kier molecular flexibility index (Phi) is 3.91. The minimum absolute atomic E-state index is 0.225. The van der Waals surface area contributed by atoms with Gasteiger partial charge in [-0.3, -0.25) is 0 Å². The van der Waals surface area contributed by atoms with Crippen LogP contribution >= 0.6 is 0 Å². The van der Waals surface area contributed by atoms with E-state index < -0.39 is 5.97 Å². The number of carbonyl (C=O) groups is 1. The minimum atomic E-state index is -0.478. The summed E-state index contributed by atoms with van der Waals surface area (Å²) in [6.45, 7) is 1.31. The molecule has 0 bridgehead atoms. The normalized spacial score (nSPS) is 10.6. The Morgan fingerprint density at radius 1 is 1.00 bits per heavy atom. The number of benzene rings is 2. The van der Waals surface area contributed by atoms with E-state index in [0.29, 0.717) is 5.82 Å². The van der Waals surface area contributed by atoms with Crippen molar-refractivity contribution in [3.63, 3.8) is 0 Å². The SMILES string of the molecule is CC(=O)On1nnnc1C(c1ccccc1)c1ccccc1. The topological polar surface area (TPSA) is 69.9 Å². The van der Waals surface area contributed by atoms with E-state index in [0.717, 1.165) is 16.0 Å². The van der Waals surface area contributed by atoms with Crippen molar-refractivity contribution < 1.29 is 9.63 Å². The first-order chi connectivity index (χ1) is 10.8. The van der Waals surface area contributed by atoms with Crippen molar-refractivity contribution in [3.05, 3.63) is 77.6 Å². The molecule has 0 aliphatic carbocycles. The second-order valence-electron chi connectivity index (χ2n) is 4.75. The van der Waals surface area contributed by atoms with Crippen molar-refractivity contribution in [1.82, 2.24) is 20.4 Å². The second kappa shape index (κ2) is 6.17. The zero-order chi connectivity index (χ0) is 15.4. The first kappa shape index (κ1) is 13.9. The Hall–Kier alpha value is -3.02.